The van der Waals surface area contributed by atoms with Gasteiger partial charge < -0.3 is 10.6 Å². The molecule has 0 spiro atoms. The molecule has 2 aliphatic rings. The van der Waals surface area contributed by atoms with Crippen LogP contribution in [0.4, 0.5) is 15.9 Å². The van der Waals surface area contributed by atoms with E-state index in [0.29, 0.717) is 24.6 Å². The Bertz CT molecular complexity index is 775. The Morgan fingerprint density at radius 3 is 2.58 bits per heavy atom. The number of halogens is 1. The first-order valence-corrected chi connectivity index (χ1v) is 9.06. The molecule has 1 amide bonds. The number of anilines is 2. The lowest BCUT2D eigenvalue weighted by Crippen LogP contribution is -2.51. The van der Waals surface area contributed by atoms with Crippen molar-refractivity contribution in [3.8, 4) is 0 Å². The van der Waals surface area contributed by atoms with Gasteiger partial charge in [-0.2, -0.15) is 5.10 Å². The van der Waals surface area contributed by atoms with Gasteiger partial charge >= 0.3 is 0 Å². The van der Waals surface area contributed by atoms with Crippen LogP contribution in [0.3, 0.4) is 0 Å². The summed E-state index contributed by atoms with van der Waals surface area (Å²) in [5, 5.41) is 14.3. The van der Waals surface area contributed by atoms with E-state index in [-0.39, 0.29) is 23.6 Å². The maximum absolute atomic E-state index is 14.9. The van der Waals surface area contributed by atoms with Crippen LogP contribution >= 0.6 is 0 Å². The number of hydrogen-bond acceptors (Lipinski definition) is 5. The van der Waals surface area contributed by atoms with Crippen molar-refractivity contribution >= 4 is 17.4 Å². The van der Waals surface area contributed by atoms with Crippen LogP contribution in [0.2, 0.25) is 0 Å². The van der Waals surface area contributed by atoms with Crippen LogP contribution in [-0.2, 0) is 4.79 Å². The second-order valence-corrected chi connectivity index (χ2v) is 6.84. The molecular formula is C19H22FN5O. The van der Waals surface area contributed by atoms with E-state index in [2.05, 4.69) is 20.8 Å². The number of amides is 1. The lowest BCUT2D eigenvalue weighted by atomic mass is 9.89. The molecule has 26 heavy (non-hydrogen) atoms. The standard InChI is InChI=1S/C19H22FN5O/c20-17-10-15(3-4-16(17)13-5-8-21-9-6-13)25(18-2-1-7-23-24-18)19(26)14-11-22-12-14/h1-4,7,10,13-14,21-22H,5-6,8-9,11-12H2. The van der Waals surface area contributed by atoms with E-state index < -0.39 is 0 Å². The summed E-state index contributed by atoms with van der Waals surface area (Å²) >= 11 is 0. The van der Waals surface area contributed by atoms with Crippen molar-refractivity contribution in [1.82, 2.24) is 20.8 Å². The van der Waals surface area contributed by atoms with Gasteiger partial charge in [0.2, 0.25) is 5.91 Å². The van der Waals surface area contributed by atoms with Crippen molar-refractivity contribution in [3.63, 3.8) is 0 Å². The summed E-state index contributed by atoms with van der Waals surface area (Å²) in [5.41, 5.74) is 1.23. The van der Waals surface area contributed by atoms with Gasteiger partial charge in [0.1, 0.15) is 5.82 Å². The molecule has 0 bridgehead atoms. The zero-order valence-electron chi connectivity index (χ0n) is 14.5. The SMILES string of the molecule is O=C(C1CNC1)N(c1ccc(C2CCNCC2)c(F)c1)c1cccnn1. The van der Waals surface area contributed by atoms with E-state index in [1.54, 1.807) is 18.3 Å². The largest absolute Gasteiger partial charge is 0.317 e. The Balaban J connectivity index is 1.67. The van der Waals surface area contributed by atoms with Crippen molar-refractivity contribution in [1.29, 1.82) is 0 Å². The normalized spacial score (nSPS) is 18.3. The highest BCUT2D eigenvalue weighted by atomic mass is 19.1. The minimum atomic E-state index is -0.261. The summed E-state index contributed by atoms with van der Waals surface area (Å²) in [4.78, 5) is 14.4. The molecule has 3 heterocycles. The fourth-order valence-corrected chi connectivity index (χ4v) is 3.55. The van der Waals surface area contributed by atoms with E-state index >= 15 is 0 Å². The molecular weight excluding hydrogens is 333 g/mol. The Morgan fingerprint density at radius 2 is 1.96 bits per heavy atom. The molecule has 136 valence electrons. The third-order valence-electron chi connectivity index (χ3n) is 5.16. The van der Waals surface area contributed by atoms with E-state index in [0.717, 1.165) is 31.5 Å². The molecule has 0 unspecified atom stereocenters. The maximum atomic E-state index is 14.9. The van der Waals surface area contributed by atoms with E-state index in [1.807, 2.05) is 12.1 Å². The van der Waals surface area contributed by atoms with Gasteiger partial charge in [0, 0.05) is 19.3 Å². The van der Waals surface area contributed by atoms with Gasteiger partial charge in [0.05, 0.1) is 11.6 Å². The fourth-order valence-electron chi connectivity index (χ4n) is 3.55. The number of aromatic nitrogens is 2. The smallest absolute Gasteiger partial charge is 0.238 e. The Kier molecular flexibility index (Phi) is 4.90. The molecule has 2 aromatic rings. The van der Waals surface area contributed by atoms with Crippen molar-refractivity contribution in [2.45, 2.75) is 18.8 Å². The summed E-state index contributed by atoms with van der Waals surface area (Å²) in [6.45, 7) is 3.08. The first-order valence-electron chi connectivity index (χ1n) is 9.06. The summed E-state index contributed by atoms with van der Waals surface area (Å²) in [6.07, 6.45) is 3.41. The highest BCUT2D eigenvalue weighted by molar-refractivity contribution is 6.01. The van der Waals surface area contributed by atoms with Gasteiger partial charge in [-0.25, -0.2) is 4.39 Å². The van der Waals surface area contributed by atoms with E-state index in [1.165, 1.54) is 11.0 Å². The molecule has 2 aliphatic heterocycles. The molecule has 0 saturated carbocycles. The quantitative estimate of drug-likeness (QED) is 0.877. The van der Waals surface area contributed by atoms with Crippen molar-refractivity contribution in [2.24, 2.45) is 5.92 Å². The minimum absolute atomic E-state index is 0.0849. The molecule has 2 N–H and O–H groups in total. The Morgan fingerprint density at radius 1 is 1.15 bits per heavy atom. The van der Waals surface area contributed by atoms with Gasteiger partial charge in [0.25, 0.3) is 0 Å². The molecule has 1 aromatic carbocycles. The average Bonchev–Trinajstić information content (AvgIpc) is 2.62. The van der Waals surface area contributed by atoms with Gasteiger partial charge in [-0.05, 0) is 61.7 Å². The van der Waals surface area contributed by atoms with Crippen LogP contribution in [0.1, 0.15) is 24.3 Å². The third kappa shape index (κ3) is 3.32. The summed E-state index contributed by atoms with van der Waals surface area (Å²) in [7, 11) is 0. The van der Waals surface area contributed by atoms with Crippen LogP contribution < -0.4 is 15.5 Å². The summed E-state index contributed by atoms with van der Waals surface area (Å²) in [5.74, 6) is 0.172. The molecule has 0 aliphatic carbocycles. The zero-order chi connectivity index (χ0) is 17.9. The molecule has 0 atom stereocenters. The van der Waals surface area contributed by atoms with E-state index in [4.69, 9.17) is 0 Å². The summed E-state index contributed by atoms with van der Waals surface area (Å²) in [6, 6.07) is 8.53. The molecule has 7 heteroatoms. The Hall–Kier alpha value is -2.38. The summed E-state index contributed by atoms with van der Waals surface area (Å²) < 4.78 is 14.9. The molecule has 1 aromatic heterocycles. The van der Waals surface area contributed by atoms with Crippen LogP contribution in [-0.4, -0.2) is 42.3 Å². The molecule has 4 rings (SSSR count). The maximum Gasteiger partial charge on any atom is 0.238 e. The fraction of sp³-hybridized carbons (Fsp3) is 0.421. The number of benzene rings is 1. The number of nitrogens with zero attached hydrogens (tertiary/aromatic N) is 3. The molecule has 6 nitrogen and oxygen atoms in total. The number of hydrogen-bond donors (Lipinski definition) is 2. The van der Waals surface area contributed by atoms with Gasteiger partial charge in [-0.15, -0.1) is 5.10 Å². The second-order valence-electron chi connectivity index (χ2n) is 6.84. The van der Waals surface area contributed by atoms with Gasteiger partial charge in [-0.1, -0.05) is 6.07 Å². The highest BCUT2D eigenvalue weighted by Gasteiger charge is 2.32. The van der Waals surface area contributed by atoms with Crippen molar-refractivity contribution in [2.75, 3.05) is 31.1 Å². The number of nitrogens with one attached hydrogen (secondary N) is 2. The number of carbonyl (C=O) groups excluding carboxylic acids is 1. The van der Waals surface area contributed by atoms with Gasteiger partial charge in [0.15, 0.2) is 5.82 Å². The monoisotopic (exact) mass is 355 g/mol. The van der Waals surface area contributed by atoms with Crippen LogP contribution in [0, 0.1) is 11.7 Å². The average molecular weight is 355 g/mol. The predicted octanol–water partition coefficient (Wildman–Crippen LogP) is 1.97. The van der Waals surface area contributed by atoms with Crippen molar-refractivity contribution < 1.29 is 9.18 Å². The first-order chi connectivity index (χ1) is 12.7. The van der Waals surface area contributed by atoms with Crippen LogP contribution in [0.5, 0.6) is 0 Å². The Labute approximate surface area is 151 Å². The highest BCUT2D eigenvalue weighted by Crippen LogP contribution is 2.32. The number of carbonyl (C=O) groups is 1. The lowest BCUT2D eigenvalue weighted by Gasteiger charge is -2.32. The third-order valence-corrected chi connectivity index (χ3v) is 5.16. The zero-order valence-corrected chi connectivity index (χ0v) is 14.5. The first kappa shape index (κ1) is 17.1. The predicted molar refractivity (Wildman–Crippen MR) is 96.8 cm³/mol. The van der Waals surface area contributed by atoms with Crippen LogP contribution in [0.25, 0.3) is 0 Å². The topological polar surface area (TPSA) is 70.2 Å². The molecule has 2 fully saturated rings. The van der Waals surface area contributed by atoms with E-state index in [9.17, 15) is 9.18 Å². The van der Waals surface area contributed by atoms with Crippen LogP contribution in [0.15, 0.2) is 36.5 Å². The molecule has 2 saturated heterocycles. The van der Waals surface area contributed by atoms with Crippen molar-refractivity contribution in [3.05, 3.63) is 47.9 Å². The lowest BCUT2D eigenvalue weighted by molar-refractivity contribution is -0.123. The number of piperidine rings is 1. The van der Waals surface area contributed by atoms with Gasteiger partial charge in [-0.3, -0.25) is 9.69 Å². The minimum Gasteiger partial charge on any atom is -0.317 e. The number of rotatable bonds is 4. The molecule has 0 radical (unpaired) electrons. The second kappa shape index (κ2) is 7.47.